The quantitative estimate of drug-likeness (QED) is 0.633. The second-order valence-electron chi connectivity index (χ2n) is 9.06. The highest BCUT2D eigenvalue weighted by atomic mass is 32.2. The Balaban J connectivity index is 1.49. The van der Waals surface area contributed by atoms with Gasteiger partial charge in [-0.3, -0.25) is 4.79 Å². The monoisotopic (exact) mass is 454 g/mol. The highest BCUT2D eigenvalue weighted by Crippen LogP contribution is 2.51. The van der Waals surface area contributed by atoms with Crippen molar-refractivity contribution in [1.29, 1.82) is 0 Å². The van der Waals surface area contributed by atoms with Gasteiger partial charge in [-0.05, 0) is 57.0 Å². The molecular weight excluding hydrogens is 426 g/mol. The molecule has 1 aromatic rings. The molecule has 0 amide bonds. The molecule has 2 heterocycles. The van der Waals surface area contributed by atoms with Gasteiger partial charge in [0.05, 0.1) is 17.9 Å². The number of Topliss-reactive ketones (excluding diaryl/α,β-unsaturated/α-hetero) is 1. The van der Waals surface area contributed by atoms with Gasteiger partial charge in [-0.15, -0.1) is 0 Å². The summed E-state index contributed by atoms with van der Waals surface area (Å²) < 4.78 is 54.4. The van der Waals surface area contributed by atoms with E-state index in [-0.39, 0.29) is 24.6 Å². The first-order valence-corrected chi connectivity index (χ1v) is 11.9. The molecule has 0 N–H and O–H groups in total. The number of rotatable bonds is 7. The Morgan fingerprint density at radius 1 is 1.32 bits per heavy atom. The summed E-state index contributed by atoms with van der Waals surface area (Å²) in [5, 5.41) is 0. The van der Waals surface area contributed by atoms with E-state index in [2.05, 4.69) is 11.1 Å². The molecule has 2 atom stereocenters. The van der Waals surface area contributed by atoms with E-state index in [9.17, 15) is 22.0 Å². The Bertz CT molecular complexity index is 1030. The lowest BCUT2D eigenvalue weighted by Crippen LogP contribution is -2.37. The molecular formula is C21H28F2N4O3S. The highest BCUT2D eigenvalue weighted by molar-refractivity contribution is 7.94. The van der Waals surface area contributed by atoms with Gasteiger partial charge in [-0.1, -0.05) is 6.08 Å². The Kier molecular flexibility index (Phi) is 5.58. The van der Waals surface area contributed by atoms with Crippen LogP contribution in [0, 0.1) is 11.8 Å². The number of alkyl halides is 2. The molecule has 2 aliphatic carbocycles. The number of fused-ring (bicyclic) bond motifs is 1. The fraction of sp³-hybridized carbons (Fsp3) is 0.619. The smallest absolute Gasteiger partial charge is 0.302 e. The number of allylic oxidation sites excluding steroid dienone is 2. The molecule has 170 valence electrons. The van der Waals surface area contributed by atoms with Crippen LogP contribution < -0.4 is 8.61 Å². The van der Waals surface area contributed by atoms with Crippen molar-refractivity contribution >= 4 is 33.1 Å². The van der Waals surface area contributed by atoms with Crippen molar-refractivity contribution in [2.75, 3.05) is 42.8 Å². The maximum Gasteiger partial charge on any atom is 0.327 e. The summed E-state index contributed by atoms with van der Waals surface area (Å²) in [5.74, 6) is -2.93. The minimum atomic E-state index is -3.90. The topological polar surface area (TPSA) is 73.8 Å². The molecule has 0 saturated heterocycles. The van der Waals surface area contributed by atoms with Gasteiger partial charge >= 0.3 is 10.2 Å². The number of halogens is 2. The van der Waals surface area contributed by atoms with Crippen molar-refractivity contribution in [2.24, 2.45) is 11.8 Å². The zero-order chi connectivity index (χ0) is 22.6. The highest BCUT2D eigenvalue weighted by Gasteiger charge is 2.59. The lowest BCUT2D eigenvalue weighted by atomic mass is 9.85. The molecule has 10 heteroatoms. The minimum Gasteiger partial charge on any atom is -0.302 e. The number of nitrogens with zero attached hydrogens (tertiary/aromatic N) is 4. The van der Waals surface area contributed by atoms with Crippen molar-refractivity contribution in [3.63, 3.8) is 0 Å². The first-order valence-electron chi connectivity index (χ1n) is 10.5. The molecule has 1 aliphatic heterocycles. The van der Waals surface area contributed by atoms with E-state index in [4.69, 9.17) is 0 Å². The van der Waals surface area contributed by atoms with Gasteiger partial charge in [0.2, 0.25) is 0 Å². The summed E-state index contributed by atoms with van der Waals surface area (Å²) in [4.78, 5) is 18.5. The third-order valence-electron chi connectivity index (χ3n) is 6.25. The molecule has 0 bridgehead atoms. The van der Waals surface area contributed by atoms with Crippen LogP contribution in [-0.4, -0.2) is 64.2 Å². The fourth-order valence-corrected chi connectivity index (χ4v) is 5.74. The first-order chi connectivity index (χ1) is 14.5. The van der Waals surface area contributed by atoms with Crippen LogP contribution in [0.3, 0.4) is 0 Å². The number of anilines is 2. The summed E-state index contributed by atoms with van der Waals surface area (Å²) in [5.41, 5.74) is 2.06. The lowest BCUT2D eigenvalue weighted by Gasteiger charge is -2.22. The number of ketones is 1. The average molecular weight is 455 g/mol. The SMILES string of the molecule is CN(C)CC(=O)CC1CC=C(c2ccc3c(n2)N(C)S(=O)(=O)N3CC2CC2(F)F)CC1. The van der Waals surface area contributed by atoms with Gasteiger partial charge in [-0.25, -0.2) is 22.4 Å². The third-order valence-corrected chi connectivity index (χ3v) is 8.01. The van der Waals surface area contributed by atoms with E-state index in [1.165, 1.54) is 7.05 Å². The lowest BCUT2D eigenvalue weighted by molar-refractivity contribution is -0.120. The number of hydrogen-bond donors (Lipinski definition) is 0. The number of carbonyl (C=O) groups excluding carboxylic acids is 1. The van der Waals surface area contributed by atoms with Crippen molar-refractivity contribution in [3.8, 4) is 0 Å². The van der Waals surface area contributed by atoms with Gasteiger partial charge in [0.15, 0.2) is 5.82 Å². The average Bonchev–Trinajstić information content (AvgIpc) is 3.25. The van der Waals surface area contributed by atoms with Crippen LogP contribution in [0.15, 0.2) is 18.2 Å². The normalized spacial score (nSPS) is 26.1. The largest absolute Gasteiger partial charge is 0.327 e. The first kappa shape index (κ1) is 22.1. The molecule has 31 heavy (non-hydrogen) atoms. The number of pyridine rings is 1. The molecule has 0 spiro atoms. The number of aromatic nitrogens is 1. The van der Waals surface area contributed by atoms with Crippen LogP contribution in [-0.2, 0) is 15.0 Å². The van der Waals surface area contributed by atoms with Gasteiger partial charge in [0.1, 0.15) is 5.78 Å². The Morgan fingerprint density at radius 2 is 2.03 bits per heavy atom. The molecule has 1 aromatic heterocycles. The Morgan fingerprint density at radius 3 is 2.61 bits per heavy atom. The number of likely N-dealkylation sites (N-methyl/N-ethyl adjacent to an activating group) is 1. The van der Waals surface area contributed by atoms with Gasteiger partial charge in [0.25, 0.3) is 5.92 Å². The maximum atomic E-state index is 13.4. The molecule has 1 fully saturated rings. The van der Waals surface area contributed by atoms with Gasteiger partial charge in [0, 0.05) is 32.4 Å². The molecule has 2 unspecified atom stereocenters. The molecule has 0 radical (unpaired) electrons. The van der Waals surface area contributed by atoms with Gasteiger partial charge < -0.3 is 4.90 Å². The van der Waals surface area contributed by atoms with Crippen LogP contribution in [0.4, 0.5) is 20.3 Å². The summed E-state index contributed by atoms with van der Waals surface area (Å²) in [7, 11) is 1.26. The van der Waals surface area contributed by atoms with E-state index in [1.807, 2.05) is 19.0 Å². The standard InChI is InChI=1S/C21H28F2N4O3S/c1-25(2)13-17(28)10-14-4-6-15(7-5-14)18-8-9-19-20(24-18)26(3)31(29,30)27(19)12-16-11-21(16,22)23/h6,8-9,14,16H,4-5,7,10-13H2,1-3H3. The van der Waals surface area contributed by atoms with E-state index < -0.39 is 22.0 Å². The zero-order valence-corrected chi connectivity index (χ0v) is 18.8. The van der Waals surface area contributed by atoms with E-state index in [0.717, 1.165) is 33.4 Å². The summed E-state index contributed by atoms with van der Waals surface area (Å²) in [6, 6.07) is 3.42. The second-order valence-corrected chi connectivity index (χ2v) is 10.9. The Labute approximate surface area is 181 Å². The van der Waals surface area contributed by atoms with E-state index in [0.29, 0.717) is 30.3 Å². The molecule has 4 rings (SSSR count). The zero-order valence-electron chi connectivity index (χ0n) is 18.0. The fourth-order valence-electron chi connectivity index (χ4n) is 4.33. The van der Waals surface area contributed by atoms with Crippen LogP contribution >= 0.6 is 0 Å². The van der Waals surface area contributed by atoms with E-state index in [1.54, 1.807) is 12.1 Å². The number of hydrogen-bond acceptors (Lipinski definition) is 5. The Hall–Kier alpha value is -2.07. The summed E-state index contributed by atoms with van der Waals surface area (Å²) in [6.45, 7) is 0.211. The number of carbonyl (C=O) groups is 1. The van der Waals surface area contributed by atoms with Crippen LogP contribution in [0.5, 0.6) is 0 Å². The second kappa shape index (κ2) is 7.81. The van der Waals surface area contributed by atoms with Crippen LogP contribution in [0.2, 0.25) is 0 Å². The van der Waals surface area contributed by atoms with Crippen molar-refractivity contribution in [2.45, 2.75) is 38.0 Å². The van der Waals surface area contributed by atoms with E-state index >= 15 is 0 Å². The van der Waals surface area contributed by atoms with Crippen molar-refractivity contribution < 1.29 is 22.0 Å². The molecule has 0 aromatic carbocycles. The predicted octanol–water partition coefficient (Wildman–Crippen LogP) is 2.94. The van der Waals surface area contributed by atoms with Crippen molar-refractivity contribution in [3.05, 3.63) is 23.9 Å². The summed E-state index contributed by atoms with van der Waals surface area (Å²) >= 11 is 0. The molecule has 3 aliphatic rings. The molecule has 1 saturated carbocycles. The maximum absolute atomic E-state index is 13.4. The van der Waals surface area contributed by atoms with Crippen LogP contribution in [0.1, 0.15) is 37.8 Å². The van der Waals surface area contributed by atoms with Crippen LogP contribution in [0.25, 0.3) is 5.57 Å². The minimum absolute atomic E-state index is 0.232. The predicted molar refractivity (Wildman–Crippen MR) is 115 cm³/mol. The third kappa shape index (κ3) is 4.32. The summed E-state index contributed by atoms with van der Waals surface area (Å²) in [6.07, 6.45) is 4.78. The van der Waals surface area contributed by atoms with Crippen molar-refractivity contribution in [1.82, 2.24) is 9.88 Å². The molecule has 7 nitrogen and oxygen atoms in total. The van der Waals surface area contributed by atoms with Gasteiger partial charge in [-0.2, -0.15) is 8.42 Å².